The third-order valence-electron chi connectivity index (χ3n) is 3.32. The molecular formula is C14H22BrClN2S. The summed E-state index contributed by atoms with van der Waals surface area (Å²) in [5.41, 5.74) is 7.26. The minimum Gasteiger partial charge on any atom is -0.324 e. The van der Waals surface area contributed by atoms with E-state index in [-0.39, 0.29) is 6.04 Å². The Balaban J connectivity index is 2.53. The quantitative estimate of drug-likeness (QED) is 0.786. The van der Waals surface area contributed by atoms with Gasteiger partial charge in [0.1, 0.15) is 0 Å². The Bertz CT molecular complexity index is 403. The minimum absolute atomic E-state index is 0.00969. The predicted molar refractivity (Wildman–Crippen MR) is 91.2 cm³/mol. The zero-order chi connectivity index (χ0) is 14.4. The van der Waals surface area contributed by atoms with Gasteiger partial charge < -0.3 is 10.6 Å². The summed E-state index contributed by atoms with van der Waals surface area (Å²) in [6.45, 7) is 3.23. The van der Waals surface area contributed by atoms with E-state index < -0.39 is 0 Å². The molecule has 0 aliphatic rings. The molecule has 2 N–H and O–H groups in total. The average molecular weight is 366 g/mol. The summed E-state index contributed by atoms with van der Waals surface area (Å²) in [5, 5.41) is 0.738. The van der Waals surface area contributed by atoms with Crippen molar-refractivity contribution in [2.45, 2.75) is 25.4 Å². The van der Waals surface area contributed by atoms with E-state index in [4.69, 9.17) is 17.3 Å². The van der Waals surface area contributed by atoms with Gasteiger partial charge in [-0.3, -0.25) is 0 Å². The number of nitrogens with two attached hydrogens (primary N) is 1. The molecule has 0 saturated heterocycles. The van der Waals surface area contributed by atoms with Crippen molar-refractivity contribution >= 4 is 39.3 Å². The highest BCUT2D eigenvalue weighted by molar-refractivity contribution is 9.10. The number of benzene rings is 1. The molecule has 5 heteroatoms. The molecule has 0 spiro atoms. The van der Waals surface area contributed by atoms with Crippen LogP contribution in [0.5, 0.6) is 0 Å². The Labute approximate surface area is 134 Å². The first-order valence-electron chi connectivity index (χ1n) is 6.35. The maximum absolute atomic E-state index is 6.24. The molecule has 0 saturated carbocycles. The van der Waals surface area contributed by atoms with Crippen LogP contribution in [0.3, 0.4) is 0 Å². The van der Waals surface area contributed by atoms with Crippen LogP contribution >= 0.6 is 39.3 Å². The SMILES string of the molecule is CSCC(C)N(C)CCC(N)c1ccc(Br)cc1Cl. The van der Waals surface area contributed by atoms with Gasteiger partial charge in [-0.15, -0.1) is 0 Å². The molecule has 0 aromatic heterocycles. The number of nitrogens with zero attached hydrogens (tertiary/aromatic N) is 1. The number of hydrogen-bond donors (Lipinski definition) is 1. The maximum Gasteiger partial charge on any atom is 0.0464 e. The van der Waals surface area contributed by atoms with Gasteiger partial charge in [0.25, 0.3) is 0 Å². The predicted octanol–water partition coefficient (Wildman–Crippen LogP) is 4.18. The fourth-order valence-corrected chi connectivity index (χ4v) is 3.44. The van der Waals surface area contributed by atoms with Crippen LogP contribution in [-0.2, 0) is 0 Å². The zero-order valence-electron chi connectivity index (χ0n) is 11.7. The van der Waals surface area contributed by atoms with E-state index in [9.17, 15) is 0 Å². The van der Waals surface area contributed by atoms with E-state index in [0.29, 0.717) is 6.04 Å². The number of halogens is 2. The van der Waals surface area contributed by atoms with Crippen molar-refractivity contribution in [3.63, 3.8) is 0 Å². The van der Waals surface area contributed by atoms with Crippen LogP contribution in [-0.4, -0.2) is 36.5 Å². The summed E-state index contributed by atoms with van der Waals surface area (Å²) in [6, 6.07) is 6.45. The Kier molecular flexibility index (Phi) is 7.77. The molecule has 0 radical (unpaired) electrons. The lowest BCUT2D eigenvalue weighted by molar-refractivity contribution is 0.267. The van der Waals surface area contributed by atoms with Crippen molar-refractivity contribution < 1.29 is 0 Å². The number of rotatable bonds is 7. The molecule has 0 aliphatic heterocycles. The fraction of sp³-hybridized carbons (Fsp3) is 0.571. The fourth-order valence-electron chi connectivity index (χ4n) is 1.89. The molecule has 0 fully saturated rings. The van der Waals surface area contributed by atoms with Crippen molar-refractivity contribution in [3.8, 4) is 0 Å². The monoisotopic (exact) mass is 364 g/mol. The van der Waals surface area contributed by atoms with Gasteiger partial charge in [-0.05, 0) is 50.9 Å². The van der Waals surface area contributed by atoms with Gasteiger partial charge in [0.05, 0.1) is 0 Å². The number of thioether (sulfide) groups is 1. The lowest BCUT2D eigenvalue weighted by Gasteiger charge is -2.25. The summed E-state index contributed by atoms with van der Waals surface area (Å²) >= 11 is 11.5. The molecule has 0 aliphatic carbocycles. The Hall–Kier alpha value is 0.260. The summed E-state index contributed by atoms with van der Waals surface area (Å²) in [4.78, 5) is 2.35. The highest BCUT2D eigenvalue weighted by Crippen LogP contribution is 2.27. The normalized spacial score (nSPS) is 14.7. The van der Waals surface area contributed by atoms with Gasteiger partial charge in [-0.25, -0.2) is 0 Å². The maximum atomic E-state index is 6.24. The first-order chi connectivity index (χ1) is 8.95. The lowest BCUT2D eigenvalue weighted by Crippen LogP contribution is -2.33. The van der Waals surface area contributed by atoms with E-state index in [0.717, 1.165) is 33.8 Å². The Morgan fingerprint density at radius 1 is 1.47 bits per heavy atom. The van der Waals surface area contributed by atoms with Gasteiger partial charge in [0, 0.05) is 27.3 Å². The van der Waals surface area contributed by atoms with Crippen molar-refractivity contribution in [2.75, 3.05) is 25.6 Å². The van der Waals surface area contributed by atoms with E-state index in [1.54, 1.807) is 0 Å². The summed E-state index contributed by atoms with van der Waals surface area (Å²) < 4.78 is 0.985. The molecule has 1 aromatic rings. The van der Waals surface area contributed by atoms with Crippen molar-refractivity contribution in [2.24, 2.45) is 5.73 Å². The molecule has 0 bridgehead atoms. The van der Waals surface area contributed by atoms with Crippen LogP contribution in [0.1, 0.15) is 24.9 Å². The van der Waals surface area contributed by atoms with Crippen LogP contribution in [0.15, 0.2) is 22.7 Å². The molecule has 1 aromatic carbocycles. The van der Waals surface area contributed by atoms with Crippen molar-refractivity contribution in [1.29, 1.82) is 0 Å². The van der Waals surface area contributed by atoms with Gasteiger partial charge in [0.2, 0.25) is 0 Å². The second-order valence-electron chi connectivity index (χ2n) is 4.85. The van der Waals surface area contributed by atoms with E-state index in [2.05, 4.69) is 41.1 Å². The second-order valence-corrected chi connectivity index (χ2v) is 7.08. The molecule has 108 valence electrons. The molecule has 2 unspecified atom stereocenters. The molecule has 19 heavy (non-hydrogen) atoms. The first-order valence-corrected chi connectivity index (χ1v) is 8.92. The molecule has 2 atom stereocenters. The highest BCUT2D eigenvalue weighted by atomic mass is 79.9. The number of hydrogen-bond acceptors (Lipinski definition) is 3. The van der Waals surface area contributed by atoms with E-state index >= 15 is 0 Å². The Morgan fingerprint density at radius 2 is 2.16 bits per heavy atom. The highest BCUT2D eigenvalue weighted by Gasteiger charge is 2.14. The first kappa shape index (κ1) is 17.3. The standard InChI is InChI=1S/C14H22BrClN2S/c1-10(9-19-3)18(2)7-6-14(17)12-5-4-11(15)8-13(12)16/h4-5,8,10,14H,6-7,9,17H2,1-3H3. The molecule has 2 nitrogen and oxygen atoms in total. The molecule has 0 heterocycles. The van der Waals surface area contributed by atoms with Gasteiger partial charge in [-0.2, -0.15) is 11.8 Å². The van der Waals surface area contributed by atoms with Crippen molar-refractivity contribution in [3.05, 3.63) is 33.3 Å². The van der Waals surface area contributed by atoms with Crippen LogP contribution < -0.4 is 5.73 Å². The lowest BCUT2D eigenvalue weighted by atomic mass is 10.0. The van der Waals surface area contributed by atoms with Crippen LogP contribution in [0.25, 0.3) is 0 Å². The summed E-state index contributed by atoms with van der Waals surface area (Å²) in [7, 11) is 2.15. The van der Waals surface area contributed by atoms with Crippen LogP contribution in [0, 0.1) is 0 Å². The van der Waals surface area contributed by atoms with Gasteiger partial charge >= 0.3 is 0 Å². The zero-order valence-corrected chi connectivity index (χ0v) is 14.9. The third kappa shape index (κ3) is 5.64. The smallest absolute Gasteiger partial charge is 0.0464 e. The largest absolute Gasteiger partial charge is 0.324 e. The van der Waals surface area contributed by atoms with Crippen LogP contribution in [0.4, 0.5) is 0 Å². The minimum atomic E-state index is -0.00969. The summed E-state index contributed by atoms with van der Waals surface area (Å²) in [5.74, 6) is 1.14. The summed E-state index contributed by atoms with van der Waals surface area (Å²) in [6.07, 6.45) is 3.05. The average Bonchev–Trinajstić information content (AvgIpc) is 2.35. The van der Waals surface area contributed by atoms with Gasteiger partial charge in [-0.1, -0.05) is 33.6 Å². The second kappa shape index (κ2) is 8.53. The van der Waals surface area contributed by atoms with Crippen LogP contribution in [0.2, 0.25) is 5.02 Å². The Morgan fingerprint density at radius 3 is 2.74 bits per heavy atom. The van der Waals surface area contributed by atoms with E-state index in [1.807, 2.05) is 30.0 Å². The topological polar surface area (TPSA) is 29.3 Å². The molecular weight excluding hydrogens is 344 g/mol. The molecule has 1 rings (SSSR count). The van der Waals surface area contributed by atoms with Crippen molar-refractivity contribution in [1.82, 2.24) is 4.90 Å². The third-order valence-corrected chi connectivity index (χ3v) is 4.95. The molecule has 0 amide bonds. The van der Waals surface area contributed by atoms with E-state index in [1.165, 1.54) is 0 Å². The van der Waals surface area contributed by atoms with Gasteiger partial charge in [0.15, 0.2) is 0 Å².